The number of nitrogens with zero attached hydrogens (tertiary/aromatic N) is 3. The molecular formula is C21H21N3O2S. The molecule has 1 heterocycles. The van der Waals surface area contributed by atoms with Crippen molar-refractivity contribution in [2.75, 3.05) is 17.6 Å². The zero-order valence-electron chi connectivity index (χ0n) is 15.3. The molecule has 5 nitrogen and oxygen atoms in total. The van der Waals surface area contributed by atoms with Crippen molar-refractivity contribution in [3.8, 4) is 22.6 Å². The van der Waals surface area contributed by atoms with Gasteiger partial charge < -0.3 is 0 Å². The third-order valence-electron chi connectivity index (χ3n) is 4.79. The number of hydrogen-bond donors (Lipinski definition) is 0. The van der Waals surface area contributed by atoms with Gasteiger partial charge in [0.25, 0.3) is 0 Å². The standard InChI is InChI=1S/C21H21N3O2S/c1-24(27(2,25)26)21-18(15-13-14-15)19(16-9-5-3-6-10-16)22-20(23-21)17-11-7-4-8-12-17/h3-12,15H,13-14H2,1-2H3. The lowest BCUT2D eigenvalue weighted by Gasteiger charge is -2.22. The fourth-order valence-corrected chi connectivity index (χ4v) is 3.59. The molecule has 0 aliphatic heterocycles. The van der Waals surface area contributed by atoms with Crippen LogP contribution in [0.3, 0.4) is 0 Å². The van der Waals surface area contributed by atoms with Crippen LogP contribution in [0.4, 0.5) is 5.82 Å². The first kappa shape index (κ1) is 17.7. The second-order valence-electron chi connectivity index (χ2n) is 6.87. The summed E-state index contributed by atoms with van der Waals surface area (Å²) in [7, 11) is -1.88. The first-order valence-corrected chi connectivity index (χ1v) is 10.8. The predicted octanol–water partition coefficient (Wildman–Crippen LogP) is 4.08. The third kappa shape index (κ3) is 3.57. The van der Waals surface area contributed by atoms with E-state index < -0.39 is 10.0 Å². The van der Waals surface area contributed by atoms with Gasteiger partial charge in [-0.3, -0.25) is 4.31 Å². The van der Waals surface area contributed by atoms with Crippen molar-refractivity contribution in [2.45, 2.75) is 18.8 Å². The Bertz CT molecular complexity index is 1060. The summed E-state index contributed by atoms with van der Waals surface area (Å²) in [6.45, 7) is 0. The zero-order valence-corrected chi connectivity index (χ0v) is 16.1. The molecule has 2 aromatic carbocycles. The average Bonchev–Trinajstić information content (AvgIpc) is 3.52. The zero-order chi connectivity index (χ0) is 19.0. The molecule has 0 radical (unpaired) electrons. The quantitative estimate of drug-likeness (QED) is 0.670. The van der Waals surface area contributed by atoms with Gasteiger partial charge in [-0.25, -0.2) is 18.4 Å². The van der Waals surface area contributed by atoms with Crippen LogP contribution in [0.1, 0.15) is 24.3 Å². The molecule has 3 aromatic rings. The lowest BCUT2D eigenvalue weighted by molar-refractivity contribution is 0.599. The maximum atomic E-state index is 12.3. The maximum Gasteiger partial charge on any atom is 0.233 e. The van der Waals surface area contributed by atoms with E-state index in [1.54, 1.807) is 7.05 Å². The van der Waals surface area contributed by atoms with Crippen molar-refractivity contribution in [1.82, 2.24) is 9.97 Å². The topological polar surface area (TPSA) is 63.2 Å². The summed E-state index contributed by atoms with van der Waals surface area (Å²) in [6, 6.07) is 19.6. The summed E-state index contributed by atoms with van der Waals surface area (Å²) >= 11 is 0. The Morgan fingerprint density at radius 3 is 1.96 bits per heavy atom. The minimum atomic E-state index is -3.44. The molecule has 1 aliphatic rings. The molecule has 27 heavy (non-hydrogen) atoms. The molecule has 1 fully saturated rings. The van der Waals surface area contributed by atoms with Gasteiger partial charge in [0, 0.05) is 23.7 Å². The Balaban J connectivity index is 2.02. The highest BCUT2D eigenvalue weighted by molar-refractivity contribution is 7.92. The average molecular weight is 379 g/mol. The smallest absolute Gasteiger partial charge is 0.233 e. The number of aromatic nitrogens is 2. The van der Waals surface area contributed by atoms with E-state index in [0.29, 0.717) is 17.6 Å². The van der Waals surface area contributed by atoms with Crippen LogP contribution in [0, 0.1) is 0 Å². The van der Waals surface area contributed by atoms with Crippen LogP contribution >= 0.6 is 0 Å². The highest BCUT2D eigenvalue weighted by Crippen LogP contribution is 2.48. The minimum Gasteiger partial charge on any atom is -0.257 e. The summed E-state index contributed by atoms with van der Waals surface area (Å²) in [5, 5.41) is 0. The van der Waals surface area contributed by atoms with E-state index in [4.69, 9.17) is 9.97 Å². The van der Waals surface area contributed by atoms with E-state index in [0.717, 1.165) is 35.2 Å². The number of sulfonamides is 1. The van der Waals surface area contributed by atoms with Gasteiger partial charge in [-0.2, -0.15) is 0 Å². The van der Waals surface area contributed by atoms with Gasteiger partial charge in [-0.15, -0.1) is 0 Å². The van der Waals surface area contributed by atoms with Crippen molar-refractivity contribution in [3.05, 3.63) is 66.2 Å². The van der Waals surface area contributed by atoms with Crippen LogP contribution in [0.2, 0.25) is 0 Å². The Morgan fingerprint density at radius 1 is 0.889 bits per heavy atom. The van der Waals surface area contributed by atoms with Crippen LogP contribution < -0.4 is 4.31 Å². The lowest BCUT2D eigenvalue weighted by atomic mass is 10.0. The number of hydrogen-bond acceptors (Lipinski definition) is 4. The van der Waals surface area contributed by atoms with E-state index in [1.807, 2.05) is 60.7 Å². The summed E-state index contributed by atoms with van der Waals surface area (Å²) < 4.78 is 25.9. The first-order chi connectivity index (χ1) is 12.9. The van der Waals surface area contributed by atoms with Gasteiger partial charge in [0.15, 0.2) is 5.82 Å². The van der Waals surface area contributed by atoms with Crippen molar-refractivity contribution in [1.29, 1.82) is 0 Å². The number of benzene rings is 2. The van der Waals surface area contributed by atoms with E-state index in [1.165, 1.54) is 10.6 Å². The Labute approximate surface area is 159 Å². The van der Waals surface area contributed by atoms with Crippen molar-refractivity contribution in [3.63, 3.8) is 0 Å². The van der Waals surface area contributed by atoms with Crippen LogP contribution in [0.5, 0.6) is 0 Å². The van der Waals surface area contributed by atoms with Gasteiger partial charge in [-0.05, 0) is 18.8 Å². The molecular weight excluding hydrogens is 358 g/mol. The summed E-state index contributed by atoms with van der Waals surface area (Å²) in [5.41, 5.74) is 3.58. The van der Waals surface area contributed by atoms with E-state index in [9.17, 15) is 8.42 Å². The molecule has 4 rings (SSSR count). The molecule has 0 saturated heterocycles. The molecule has 0 bridgehead atoms. The molecule has 0 N–H and O–H groups in total. The highest BCUT2D eigenvalue weighted by atomic mass is 32.2. The van der Waals surface area contributed by atoms with Crippen molar-refractivity contribution >= 4 is 15.8 Å². The van der Waals surface area contributed by atoms with Gasteiger partial charge in [0.05, 0.1) is 11.9 Å². The largest absolute Gasteiger partial charge is 0.257 e. The number of rotatable bonds is 5. The maximum absolute atomic E-state index is 12.3. The first-order valence-electron chi connectivity index (χ1n) is 8.92. The van der Waals surface area contributed by atoms with E-state index in [-0.39, 0.29) is 0 Å². The Hall–Kier alpha value is -2.73. The van der Waals surface area contributed by atoms with Gasteiger partial charge in [0.1, 0.15) is 5.82 Å². The second kappa shape index (κ2) is 6.78. The fourth-order valence-electron chi connectivity index (χ4n) is 3.14. The monoisotopic (exact) mass is 379 g/mol. The van der Waals surface area contributed by atoms with Crippen LogP contribution in [0.15, 0.2) is 60.7 Å². The predicted molar refractivity (Wildman–Crippen MR) is 108 cm³/mol. The number of anilines is 1. The molecule has 1 aliphatic carbocycles. The molecule has 138 valence electrons. The highest BCUT2D eigenvalue weighted by Gasteiger charge is 2.34. The Kier molecular flexibility index (Phi) is 4.44. The van der Waals surface area contributed by atoms with Crippen LogP contribution in [0.25, 0.3) is 22.6 Å². The van der Waals surface area contributed by atoms with Crippen LogP contribution in [-0.2, 0) is 10.0 Å². The van der Waals surface area contributed by atoms with E-state index >= 15 is 0 Å². The third-order valence-corrected chi connectivity index (χ3v) is 5.95. The minimum absolute atomic E-state index is 0.296. The van der Waals surface area contributed by atoms with Gasteiger partial charge >= 0.3 is 0 Å². The van der Waals surface area contributed by atoms with Crippen LogP contribution in [-0.4, -0.2) is 31.7 Å². The summed E-state index contributed by atoms with van der Waals surface area (Å²) in [6.07, 6.45) is 3.26. The molecule has 6 heteroatoms. The molecule has 0 atom stereocenters. The SMILES string of the molecule is CN(c1nc(-c2ccccc2)nc(-c2ccccc2)c1C1CC1)S(C)(=O)=O. The van der Waals surface area contributed by atoms with Crippen molar-refractivity contribution < 1.29 is 8.42 Å². The fraction of sp³-hybridized carbons (Fsp3) is 0.238. The molecule has 1 aromatic heterocycles. The summed E-state index contributed by atoms with van der Waals surface area (Å²) in [5.74, 6) is 1.31. The summed E-state index contributed by atoms with van der Waals surface area (Å²) in [4.78, 5) is 9.56. The van der Waals surface area contributed by atoms with E-state index in [2.05, 4.69) is 0 Å². The molecule has 0 amide bonds. The van der Waals surface area contributed by atoms with Gasteiger partial charge in [0.2, 0.25) is 10.0 Å². The van der Waals surface area contributed by atoms with Gasteiger partial charge in [-0.1, -0.05) is 60.7 Å². The molecule has 1 saturated carbocycles. The second-order valence-corrected chi connectivity index (χ2v) is 8.88. The molecule has 0 unspecified atom stereocenters. The normalized spacial score (nSPS) is 14.1. The Morgan fingerprint density at radius 2 is 1.44 bits per heavy atom. The molecule has 0 spiro atoms. The lowest BCUT2D eigenvalue weighted by Crippen LogP contribution is -2.27. The van der Waals surface area contributed by atoms with Crippen molar-refractivity contribution in [2.24, 2.45) is 0 Å².